The van der Waals surface area contributed by atoms with Gasteiger partial charge < -0.3 is 8.85 Å². The van der Waals surface area contributed by atoms with Crippen molar-refractivity contribution in [1.29, 1.82) is 0 Å². The summed E-state index contributed by atoms with van der Waals surface area (Å²) in [5, 5.41) is 0. The van der Waals surface area contributed by atoms with E-state index >= 15 is 0 Å². The number of unbranched alkanes of at least 4 members (excludes halogenated alkanes) is 2. The largest absolute Gasteiger partial charge is 0.425 e. The van der Waals surface area contributed by atoms with Crippen LogP contribution in [0.25, 0.3) is 0 Å². The van der Waals surface area contributed by atoms with Crippen LogP contribution in [0.2, 0.25) is 6.04 Å². The lowest BCUT2D eigenvalue weighted by molar-refractivity contribution is 0.155. The average Bonchev–Trinajstić information content (AvgIpc) is 2.40. The monoisotopic (exact) mass is 275 g/mol. The minimum atomic E-state index is -2.15. The third-order valence-corrected chi connectivity index (χ3v) is 6.00. The molecule has 0 saturated heterocycles. The predicted molar refractivity (Wildman–Crippen MR) is 80.9 cm³/mol. The number of rotatable bonds is 13. The van der Waals surface area contributed by atoms with Gasteiger partial charge >= 0.3 is 8.72 Å². The molecule has 0 spiro atoms. The molecule has 1 N–H and O–H groups in total. The summed E-state index contributed by atoms with van der Waals surface area (Å²) in [6.07, 6.45) is 6.93. The van der Waals surface area contributed by atoms with E-state index in [-0.39, 0.29) is 0 Å². The normalized spacial score (nSPS) is 12.0. The average molecular weight is 276 g/mol. The first kappa shape index (κ1) is 18.1. The Morgan fingerprint density at radius 1 is 0.778 bits per heavy atom. The second kappa shape index (κ2) is 12.1. The van der Waals surface area contributed by atoms with Gasteiger partial charge in [-0.25, -0.2) is 0 Å². The van der Waals surface area contributed by atoms with Gasteiger partial charge in [-0.2, -0.15) is 0 Å². The molecule has 0 unspecified atom stereocenters. The van der Waals surface area contributed by atoms with Crippen LogP contribution in [-0.2, 0) is 8.85 Å². The lowest BCUT2D eigenvalue weighted by atomic mass is 10.3. The van der Waals surface area contributed by atoms with Crippen molar-refractivity contribution in [3.63, 3.8) is 0 Å². The van der Waals surface area contributed by atoms with Crippen LogP contribution in [0.15, 0.2) is 0 Å². The quantitative estimate of drug-likeness (QED) is 0.407. The summed E-state index contributed by atoms with van der Waals surface area (Å²) in [5.41, 5.74) is 0. The highest BCUT2D eigenvalue weighted by Crippen LogP contribution is 2.16. The summed E-state index contributed by atoms with van der Waals surface area (Å²) in [7, 11) is -2.15. The highest BCUT2D eigenvalue weighted by atomic mass is 28.4. The topological polar surface area (TPSA) is 30.5 Å². The fourth-order valence-corrected chi connectivity index (χ4v) is 4.97. The van der Waals surface area contributed by atoms with E-state index in [0.717, 1.165) is 38.6 Å². The molecule has 0 aromatic carbocycles. The molecule has 0 saturated carbocycles. The standard InChI is InChI=1S/C14H33NO2Si/c1-5-9-11-15-18(14-10-6-2,16-12-7-3)17-13-8-4/h15H,5-14H2,1-4H3. The summed E-state index contributed by atoms with van der Waals surface area (Å²) < 4.78 is 12.3. The van der Waals surface area contributed by atoms with E-state index in [1.165, 1.54) is 25.7 Å². The fraction of sp³-hybridized carbons (Fsp3) is 1.00. The molecule has 0 atom stereocenters. The van der Waals surface area contributed by atoms with Crippen molar-refractivity contribution in [2.45, 2.75) is 72.3 Å². The zero-order valence-electron chi connectivity index (χ0n) is 12.9. The SMILES string of the molecule is CCCCN[Si](CCCC)(OCCC)OCCC. The molecule has 0 aliphatic carbocycles. The second-order valence-electron chi connectivity index (χ2n) is 4.83. The van der Waals surface area contributed by atoms with Gasteiger partial charge in [0.05, 0.1) is 0 Å². The van der Waals surface area contributed by atoms with E-state index in [2.05, 4.69) is 32.7 Å². The fourth-order valence-electron chi connectivity index (χ4n) is 1.78. The highest BCUT2D eigenvalue weighted by Gasteiger charge is 2.37. The van der Waals surface area contributed by atoms with Gasteiger partial charge in [0, 0.05) is 19.3 Å². The lowest BCUT2D eigenvalue weighted by Crippen LogP contribution is -2.56. The summed E-state index contributed by atoms with van der Waals surface area (Å²) in [6.45, 7) is 11.4. The smallest absolute Gasteiger partial charge is 0.383 e. The molecule has 0 aromatic rings. The van der Waals surface area contributed by atoms with Crippen molar-refractivity contribution in [3.8, 4) is 0 Å². The highest BCUT2D eigenvalue weighted by molar-refractivity contribution is 6.64. The summed E-state index contributed by atoms with van der Waals surface area (Å²) >= 11 is 0. The van der Waals surface area contributed by atoms with E-state index in [1.54, 1.807) is 0 Å². The van der Waals surface area contributed by atoms with E-state index in [1.807, 2.05) is 0 Å². The maximum absolute atomic E-state index is 6.14. The van der Waals surface area contributed by atoms with Crippen molar-refractivity contribution in [1.82, 2.24) is 4.98 Å². The van der Waals surface area contributed by atoms with Gasteiger partial charge in [-0.15, -0.1) is 0 Å². The number of nitrogens with one attached hydrogen (secondary N) is 1. The first-order valence-electron chi connectivity index (χ1n) is 7.77. The van der Waals surface area contributed by atoms with E-state index < -0.39 is 8.72 Å². The van der Waals surface area contributed by atoms with Crippen LogP contribution >= 0.6 is 0 Å². The number of hydrogen-bond donors (Lipinski definition) is 1. The van der Waals surface area contributed by atoms with Crippen molar-refractivity contribution in [2.75, 3.05) is 19.8 Å². The molecule has 0 bridgehead atoms. The van der Waals surface area contributed by atoms with Gasteiger partial charge in [0.2, 0.25) is 0 Å². The Bertz CT molecular complexity index is 157. The maximum Gasteiger partial charge on any atom is 0.425 e. The third-order valence-electron chi connectivity index (χ3n) is 2.86. The molecule has 3 nitrogen and oxygen atoms in total. The Labute approximate surface area is 115 Å². The summed E-state index contributed by atoms with van der Waals surface area (Å²) in [6, 6.07) is 1.08. The van der Waals surface area contributed by atoms with Gasteiger partial charge in [0.1, 0.15) is 0 Å². The predicted octanol–water partition coefficient (Wildman–Crippen LogP) is 3.97. The van der Waals surface area contributed by atoms with Crippen molar-refractivity contribution in [2.24, 2.45) is 0 Å². The maximum atomic E-state index is 6.14. The first-order chi connectivity index (χ1) is 8.74. The Balaban J connectivity index is 4.41. The first-order valence-corrected chi connectivity index (χ1v) is 9.79. The molecule has 18 heavy (non-hydrogen) atoms. The molecule has 4 heteroatoms. The van der Waals surface area contributed by atoms with Crippen LogP contribution in [-0.4, -0.2) is 28.5 Å². The van der Waals surface area contributed by atoms with Gasteiger partial charge in [0.15, 0.2) is 0 Å². The molecule has 0 amide bonds. The van der Waals surface area contributed by atoms with E-state index in [0.29, 0.717) is 0 Å². The van der Waals surface area contributed by atoms with Crippen LogP contribution in [0.1, 0.15) is 66.2 Å². The van der Waals surface area contributed by atoms with Crippen LogP contribution in [0, 0.1) is 0 Å². The number of hydrogen-bond acceptors (Lipinski definition) is 3. The molecule has 0 radical (unpaired) electrons. The Kier molecular flexibility index (Phi) is 12.2. The van der Waals surface area contributed by atoms with Crippen molar-refractivity contribution < 1.29 is 8.85 Å². The summed E-state index contributed by atoms with van der Waals surface area (Å²) in [5.74, 6) is 0. The molecular weight excluding hydrogens is 242 g/mol. The molecule has 0 aliphatic heterocycles. The van der Waals surface area contributed by atoms with Crippen LogP contribution in [0.4, 0.5) is 0 Å². The van der Waals surface area contributed by atoms with Crippen LogP contribution < -0.4 is 4.98 Å². The molecule has 0 rings (SSSR count). The minimum absolute atomic E-state index is 0.818. The van der Waals surface area contributed by atoms with Crippen molar-refractivity contribution >= 4 is 8.72 Å². The van der Waals surface area contributed by atoms with Crippen molar-refractivity contribution in [3.05, 3.63) is 0 Å². The van der Waals surface area contributed by atoms with Gasteiger partial charge in [-0.3, -0.25) is 4.98 Å². The van der Waals surface area contributed by atoms with E-state index in [9.17, 15) is 0 Å². The molecular formula is C14H33NO2Si. The molecule has 110 valence electrons. The van der Waals surface area contributed by atoms with E-state index in [4.69, 9.17) is 8.85 Å². The summed E-state index contributed by atoms with van der Waals surface area (Å²) in [4.78, 5) is 3.63. The zero-order valence-corrected chi connectivity index (χ0v) is 13.9. The van der Waals surface area contributed by atoms with Crippen LogP contribution in [0.3, 0.4) is 0 Å². The second-order valence-corrected chi connectivity index (χ2v) is 7.77. The zero-order chi connectivity index (χ0) is 13.7. The van der Waals surface area contributed by atoms with Crippen LogP contribution in [0.5, 0.6) is 0 Å². The molecule has 0 heterocycles. The molecule has 0 aliphatic rings. The Hall–Kier alpha value is 0.0969. The van der Waals surface area contributed by atoms with Gasteiger partial charge in [-0.05, 0) is 25.8 Å². The lowest BCUT2D eigenvalue weighted by Gasteiger charge is -2.31. The Morgan fingerprint density at radius 3 is 1.78 bits per heavy atom. The molecule has 0 aromatic heterocycles. The molecule has 0 fully saturated rings. The Morgan fingerprint density at radius 2 is 1.33 bits per heavy atom. The minimum Gasteiger partial charge on any atom is -0.383 e. The van der Waals surface area contributed by atoms with Gasteiger partial charge in [-0.1, -0.05) is 47.0 Å². The third kappa shape index (κ3) is 8.24. The van der Waals surface area contributed by atoms with Gasteiger partial charge in [0.25, 0.3) is 0 Å².